The van der Waals surface area contributed by atoms with Gasteiger partial charge in [-0.1, -0.05) is 0 Å². The third-order valence-corrected chi connectivity index (χ3v) is 2.74. The van der Waals surface area contributed by atoms with Crippen LogP contribution in [0.4, 0.5) is 10.5 Å². The number of ether oxygens (including phenoxy) is 1. The van der Waals surface area contributed by atoms with Crippen LogP contribution < -0.4 is 10.1 Å². The molecule has 106 valence electrons. The van der Waals surface area contributed by atoms with Crippen LogP contribution in [0.1, 0.15) is 12.7 Å². The molecule has 1 N–H and O–H groups in total. The summed E-state index contributed by atoms with van der Waals surface area (Å²) in [5, 5.41) is 2.81. The van der Waals surface area contributed by atoms with Gasteiger partial charge >= 0.3 is 6.03 Å². The number of urea groups is 1. The van der Waals surface area contributed by atoms with Crippen LogP contribution >= 0.6 is 0 Å². The zero-order valence-corrected chi connectivity index (χ0v) is 11.6. The molecular weight excluding hydrogens is 256 g/mol. The Labute approximate surface area is 118 Å². The molecule has 0 saturated heterocycles. The van der Waals surface area contributed by atoms with Gasteiger partial charge in [0.05, 0.1) is 19.4 Å². The second kappa shape index (κ2) is 6.65. The highest BCUT2D eigenvalue weighted by molar-refractivity contribution is 5.89. The average Bonchev–Trinajstić information content (AvgIpc) is 2.94. The van der Waals surface area contributed by atoms with Crippen LogP contribution in [0.15, 0.2) is 47.1 Å². The van der Waals surface area contributed by atoms with Gasteiger partial charge in [-0.3, -0.25) is 0 Å². The Morgan fingerprint density at radius 2 is 2.05 bits per heavy atom. The summed E-state index contributed by atoms with van der Waals surface area (Å²) in [5.41, 5.74) is 0.727. The number of rotatable bonds is 5. The lowest BCUT2D eigenvalue weighted by Gasteiger charge is -2.16. The molecule has 2 rings (SSSR count). The van der Waals surface area contributed by atoms with E-state index in [0.717, 1.165) is 17.2 Å². The van der Waals surface area contributed by atoms with Gasteiger partial charge in [0.15, 0.2) is 0 Å². The third kappa shape index (κ3) is 3.78. The van der Waals surface area contributed by atoms with Gasteiger partial charge in [0, 0.05) is 12.7 Å². The van der Waals surface area contributed by atoms with Crippen molar-refractivity contribution in [3.63, 3.8) is 0 Å². The van der Waals surface area contributed by atoms with Gasteiger partial charge in [0.2, 0.25) is 0 Å². The number of carbonyl (C=O) groups excluding carboxylic acids is 1. The van der Waals surface area contributed by atoms with Crippen molar-refractivity contribution in [2.75, 3.05) is 19.0 Å². The molecule has 1 heterocycles. The Bertz CT molecular complexity index is 535. The Morgan fingerprint density at radius 3 is 2.65 bits per heavy atom. The number of nitrogens with zero attached hydrogens (tertiary/aromatic N) is 1. The highest BCUT2D eigenvalue weighted by Gasteiger charge is 2.10. The first-order valence-corrected chi connectivity index (χ1v) is 6.46. The maximum atomic E-state index is 12.0. The van der Waals surface area contributed by atoms with Gasteiger partial charge in [0.1, 0.15) is 11.5 Å². The van der Waals surface area contributed by atoms with Gasteiger partial charge < -0.3 is 19.4 Å². The minimum atomic E-state index is -0.189. The molecule has 0 radical (unpaired) electrons. The van der Waals surface area contributed by atoms with Crippen LogP contribution in [-0.2, 0) is 6.54 Å². The van der Waals surface area contributed by atoms with E-state index in [0.29, 0.717) is 13.2 Å². The SMILES string of the molecule is CCOc1ccc(NC(=O)N(C)Cc2ccco2)cc1. The molecule has 0 atom stereocenters. The largest absolute Gasteiger partial charge is 0.494 e. The Morgan fingerprint density at radius 1 is 1.30 bits per heavy atom. The number of carbonyl (C=O) groups is 1. The minimum Gasteiger partial charge on any atom is -0.494 e. The van der Waals surface area contributed by atoms with Crippen molar-refractivity contribution in [2.24, 2.45) is 0 Å². The molecule has 2 amide bonds. The standard InChI is InChI=1S/C15H18N2O3/c1-3-19-13-8-6-12(7-9-13)16-15(18)17(2)11-14-5-4-10-20-14/h4-10H,3,11H2,1-2H3,(H,16,18). The van der Waals surface area contributed by atoms with E-state index in [9.17, 15) is 4.79 Å². The molecule has 0 fully saturated rings. The van der Waals surface area contributed by atoms with Crippen molar-refractivity contribution in [2.45, 2.75) is 13.5 Å². The highest BCUT2D eigenvalue weighted by Crippen LogP contribution is 2.16. The molecule has 5 nitrogen and oxygen atoms in total. The smallest absolute Gasteiger partial charge is 0.321 e. The Kier molecular flexibility index (Phi) is 4.65. The van der Waals surface area contributed by atoms with Gasteiger partial charge in [-0.15, -0.1) is 0 Å². The maximum Gasteiger partial charge on any atom is 0.321 e. The Balaban J connectivity index is 1.90. The summed E-state index contributed by atoms with van der Waals surface area (Å²) in [7, 11) is 1.71. The summed E-state index contributed by atoms with van der Waals surface area (Å²) >= 11 is 0. The van der Waals surface area contributed by atoms with E-state index in [-0.39, 0.29) is 6.03 Å². The fraction of sp³-hybridized carbons (Fsp3) is 0.267. The van der Waals surface area contributed by atoms with Crippen LogP contribution in [0, 0.1) is 0 Å². The van der Waals surface area contributed by atoms with E-state index >= 15 is 0 Å². The van der Waals surface area contributed by atoms with Crippen molar-refractivity contribution < 1.29 is 13.9 Å². The molecule has 0 saturated carbocycles. The Hall–Kier alpha value is -2.43. The van der Waals surface area contributed by atoms with Crippen LogP contribution in [0.25, 0.3) is 0 Å². The zero-order chi connectivity index (χ0) is 14.4. The van der Waals surface area contributed by atoms with E-state index in [4.69, 9.17) is 9.15 Å². The first-order chi connectivity index (χ1) is 9.69. The molecule has 5 heteroatoms. The van der Waals surface area contributed by atoms with E-state index in [1.54, 1.807) is 24.3 Å². The molecule has 0 aliphatic heterocycles. The van der Waals surface area contributed by atoms with Crippen molar-refractivity contribution >= 4 is 11.7 Å². The molecule has 20 heavy (non-hydrogen) atoms. The molecule has 1 aromatic carbocycles. The average molecular weight is 274 g/mol. The van der Waals surface area contributed by atoms with Crippen LogP contribution in [-0.4, -0.2) is 24.6 Å². The minimum absolute atomic E-state index is 0.189. The predicted molar refractivity (Wildman–Crippen MR) is 76.8 cm³/mol. The maximum absolute atomic E-state index is 12.0. The summed E-state index contributed by atoms with van der Waals surface area (Å²) in [6.07, 6.45) is 1.59. The van der Waals surface area contributed by atoms with Crippen molar-refractivity contribution in [3.8, 4) is 5.75 Å². The van der Waals surface area contributed by atoms with Crippen molar-refractivity contribution in [1.29, 1.82) is 0 Å². The molecule has 0 aliphatic rings. The molecule has 0 bridgehead atoms. The first kappa shape index (κ1) is 14.0. The summed E-state index contributed by atoms with van der Waals surface area (Å²) < 4.78 is 10.6. The lowest BCUT2D eigenvalue weighted by molar-refractivity contribution is 0.217. The third-order valence-electron chi connectivity index (χ3n) is 2.74. The van der Waals surface area contributed by atoms with Gasteiger partial charge in [-0.05, 0) is 43.3 Å². The van der Waals surface area contributed by atoms with E-state index in [1.165, 1.54) is 0 Å². The van der Waals surface area contributed by atoms with Gasteiger partial charge in [0.25, 0.3) is 0 Å². The number of furan rings is 1. The first-order valence-electron chi connectivity index (χ1n) is 6.46. The number of amides is 2. The predicted octanol–water partition coefficient (Wildman–Crippen LogP) is 3.34. The summed E-state index contributed by atoms with van der Waals surface area (Å²) in [5.74, 6) is 1.53. The fourth-order valence-corrected chi connectivity index (χ4v) is 1.73. The zero-order valence-electron chi connectivity index (χ0n) is 11.6. The number of benzene rings is 1. The molecule has 0 spiro atoms. The second-order valence-corrected chi connectivity index (χ2v) is 4.32. The van der Waals surface area contributed by atoms with Crippen LogP contribution in [0.2, 0.25) is 0 Å². The molecular formula is C15H18N2O3. The second-order valence-electron chi connectivity index (χ2n) is 4.32. The molecule has 0 unspecified atom stereocenters. The topological polar surface area (TPSA) is 54.7 Å². The van der Waals surface area contributed by atoms with E-state index < -0.39 is 0 Å². The fourth-order valence-electron chi connectivity index (χ4n) is 1.73. The van der Waals surface area contributed by atoms with Crippen molar-refractivity contribution in [3.05, 3.63) is 48.4 Å². The number of nitrogens with one attached hydrogen (secondary N) is 1. The van der Waals surface area contributed by atoms with Gasteiger partial charge in [-0.2, -0.15) is 0 Å². The molecule has 0 aliphatic carbocycles. The normalized spacial score (nSPS) is 10.1. The monoisotopic (exact) mass is 274 g/mol. The highest BCUT2D eigenvalue weighted by atomic mass is 16.5. The van der Waals surface area contributed by atoms with Crippen molar-refractivity contribution in [1.82, 2.24) is 4.90 Å². The molecule has 1 aromatic heterocycles. The lowest BCUT2D eigenvalue weighted by atomic mass is 10.3. The van der Waals surface area contributed by atoms with E-state index in [2.05, 4.69) is 5.32 Å². The number of anilines is 1. The summed E-state index contributed by atoms with van der Waals surface area (Å²) in [6.45, 7) is 2.98. The number of hydrogen-bond donors (Lipinski definition) is 1. The summed E-state index contributed by atoms with van der Waals surface area (Å²) in [6, 6.07) is 10.7. The molecule has 2 aromatic rings. The number of hydrogen-bond acceptors (Lipinski definition) is 3. The summed E-state index contributed by atoms with van der Waals surface area (Å²) in [4.78, 5) is 13.5. The van der Waals surface area contributed by atoms with Gasteiger partial charge in [-0.25, -0.2) is 4.79 Å². The van der Waals surface area contributed by atoms with E-state index in [1.807, 2.05) is 37.3 Å². The lowest BCUT2D eigenvalue weighted by Crippen LogP contribution is -2.30. The quantitative estimate of drug-likeness (QED) is 0.909. The van der Waals surface area contributed by atoms with Crippen LogP contribution in [0.5, 0.6) is 5.75 Å². The van der Waals surface area contributed by atoms with Crippen LogP contribution in [0.3, 0.4) is 0 Å².